The summed E-state index contributed by atoms with van der Waals surface area (Å²) in [5.41, 5.74) is 1.43. The van der Waals surface area contributed by atoms with Crippen molar-refractivity contribution in [3.8, 4) is 11.5 Å². The first-order chi connectivity index (χ1) is 15.0. The lowest BCUT2D eigenvalue weighted by atomic mass is 9.94. The van der Waals surface area contributed by atoms with E-state index in [0.29, 0.717) is 15.9 Å². The molecule has 8 heteroatoms. The van der Waals surface area contributed by atoms with Crippen molar-refractivity contribution < 1.29 is 14.3 Å². The van der Waals surface area contributed by atoms with Gasteiger partial charge in [-0.3, -0.25) is 9.69 Å². The summed E-state index contributed by atoms with van der Waals surface area (Å²) < 4.78 is 10.9. The van der Waals surface area contributed by atoms with Crippen molar-refractivity contribution in [2.75, 3.05) is 26.2 Å². The fourth-order valence-corrected chi connectivity index (χ4v) is 5.30. The average molecular weight is 456 g/mol. The maximum absolute atomic E-state index is 13.2. The number of rotatable bonds is 6. The van der Waals surface area contributed by atoms with Crippen LogP contribution in [0.3, 0.4) is 0 Å². The van der Waals surface area contributed by atoms with Gasteiger partial charge in [-0.2, -0.15) is 0 Å². The Hall–Kier alpha value is -2.61. The molecule has 0 bridgehead atoms. The van der Waals surface area contributed by atoms with Crippen LogP contribution in [0, 0.1) is 0 Å². The first kappa shape index (κ1) is 20.3. The van der Waals surface area contributed by atoms with Crippen LogP contribution >= 0.6 is 22.9 Å². The molecule has 5 rings (SSSR count). The maximum atomic E-state index is 13.2. The van der Waals surface area contributed by atoms with Crippen molar-refractivity contribution in [1.82, 2.24) is 9.88 Å². The monoisotopic (exact) mass is 455 g/mol. The lowest BCUT2D eigenvalue weighted by Gasteiger charge is -2.24. The third kappa shape index (κ3) is 3.67. The number of thiazole rings is 1. The molecule has 0 saturated heterocycles. The van der Waals surface area contributed by atoms with E-state index in [1.54, 1.807) is 0 Å². The number of nitrogens with zero attached hydrogens (tertiary/aromatic N) is 2. The molecular formula is C23H22ClN3O3S. The number of nitrogens with one attached hydrogen (secondary N) is 1. The summed E-state index contributed by atoms with van der Waals surface area (Å²) >= 11 is 7.92. The summed E-state index contributed by atoms with van der Waals surface area (Å²) in [5, 5.41) is 4.33. The van der Waals surface area contributed by atoms with Crippen LogP contribution in [-0.2, 0) is 10.2 Å². The molecule has 1 saturated carbocycles. The van der Waals surface area contributed by atoms with Gasteiger partial charge in [0.25, 0.3) is 0 Å². The number of benzene rings is 2. The minimum Gasteiger partial charge on any atom is -0.454 e. The summed E-state index contributed by atoms with van der Waals surface area (Å²) in [6, 6.07) is 13.5. The Kier molecular flexibility index (Phi) is 5.12. The highest BCUT2D eigenvalue weighted by Crippen LogP contribution is 2.51. The third-order valence-corrected chi connectivity index (χ3v) is 7.15. The number of anilines is 1. The number of aromatic nitrogens is 1. The molecule has 6 nitrogen and oxygen atoms in total. The highest BCUT2D eigenvalue weighted by molar-refractivity contribution is 7.15. The second-order valence-corrected chi connectivity index (χ2v) is 9.53. The molecule has 2 aliphatic rings. The summed E-state index contributed by atoms with van der Waals surface area (Å²) in [6.07, 6.45) is 3.42. The zero-order valence-corrected chi connectivity index (χ0v) is 18.8. The second kappa shape index (κ2) is 7.82. The lowest BCUT2D eigenvalue weighted by Crippen LogP contribution is -2.27. The predicted molar refractivity (Wildman–Crippen MR) is 121 cm³/mol. The molecule has 1 aromatic heterocycles. The van der Waals surface area contributed by atoms with Crippen LogP contribution in [0.2, 0.25) is 5.02 Å². The molecule has 1 fully saturated rings. The van der Waals surface area contributed by atoms with Gasteiger partial charge < -0.3 is 14.8 Å². The Morgan fingerprint density at radius 3 is 2.71 bits per heavy atom. The van der Waals surface area contributed by atoms with E-state index in [4.69, 9.17) is 21.1 Å². The fourth-order valence-electron chi connectivity index (χ4n) is 4.04. The third-order valence-electron chi connectivity index (χ3n) is 5.84. The van der Waals surface area contributed by atoms with Crippen molar-refractivity contribution in [2.24, 2.45) is 0 Å². The summed E-state index contributed by atoms with van der Waals surface area (Å²) in [5.74, 6) is 1.38. The normalized spacial score (nSPS) is 16.9. The number of hydrogen-bond acceptors (Lipinski definition) is 6. The summed E-state index contributed by atoms with van der Waals surface area (Å²) in [7, 11) is 4.01. The van der Waals surface area contributed by atoms with Gasteiger partial charge in [-0.1, -0.05) is 47.2 Å². The predicted octanol–water partition coefficient (Wildman–Crippen LogP) is 4.85. The first-order valence-electron chi connectivity index (χ1n) is 10.1. The van der Waals surface area contributed by atoms with E-state index in [0.717, 1.165) is 34.6 Å². The number of hydrogen-bond donors (Lipinski definition) is 1. The fraction of sp³-hybridized carbons (Fsp3) is 0.304. The number of amides is 1. The van der Waals surface area contributed by atoms with Crippen molar-refractivity contribution in [2.45, 2.75) is 24.3 Å². The van der Waals surface area contributed by atoms with Gasteiger partial charge in [-0.25, -0.2) is 4.98 Å². The average Bonchev–Trinajstić information content (AvgIpc) is 3.22. The highest BCUT2D eigenvalue weighted by atomic mass is 35.5. The molecule has 1 atom stereocenters. The molecule has 2 heterocycles. The minimum atomic E-state index is -0.531. The Labute approximate surface area is 189 Å². The smallest absolute Gasteiger partial charge is 0.236 e. The van der Waals surface area contributed by atoms with E-state index >= 15 is 0 Å². The molecule has 1 aliphatic carbocycles. The Bertz CT molecular complexity index is 1140. The lowest BCUT2D eigenvalue weighted by molar-refractivity contribution is -0.118. The number of fused-ring (bicyclic) bond motifs is 1. The maximum Gasteiger partial charge on any atom is 0.236 e. The van der Waals surface area contributed by atoms with Crippen LogP contribution in [0.15, 0.2) is 48.7 Å². The number of ether oxygens (including phenoxy) is 2. The second-order valence-electron chi connectivity index (χ2n) is 8.06. The molecule has 3 aromatic rings. The van der Waals surface area contributed by atoms with Gasteiger partial charge in [0.1, 0.15) is 0 Å². The quantitative estimate of drug-likeness (QED) is 0.575. The summed E-state index contributed by atoms with van der Waals surface area (Å²) in [6.45, 7) is 0.221. The first-order valence-corrected chi connectivity index (χ1v) is 11.3. The van der Waals surface area contributed by atoms with E-state index < -0.39 is 5.41 Å². The Morgan fingerprint density at radius 1 is 1.19 bits per heavy atom. The molecular weight excluding hydrogens is 434 g/mol. The summed E-state index contributed by atoms with van der Waals surface area (Å²) in [4.78, 5) is 20.8. The SMILES string of the molecule is CN(C)C(c1cnc(NC(=O)C2(c3ccc4c(c3)OCO4)CC2)s1)c1ccccc1Cl. The van der Waals surface area contributed by atoms with E-state index in [9.17, 15) is 4.79 Å². The molecule has 2 aromatic carbocycles. The van der Waals surface area contributed by atoms with Crippen molar-refractivity contribution in [3.05, 3.63) is 69.7 Å². The number of halogens is 1. The van der Waals surface area contributed by atoms with Crippen molar-refractivity contribution in [1.29, 1.82) is 0 Å². The zero-order chi connectivity index (χ0) is 21.6. The van der Waals surface area contributed by atoms with Gasteiger partial charge >= 0.3 is 0 Å². The van der Waals surface area contributed by atoms with E-state index in [2.05, 4.69) is 15.2 Å². The van der Waals surface area contributed by atoms with Crippen LogP contribution in [-0.4, -0.2) is 36.7 Å². The van der Waals surface area contributed by atoms with Crippen LogP contribution < -0.4 is 14.8 Å². The van der Waals surface area contributed by atoms with Gasteiger partial charge in [0.15, 0.2) is 16.6 Å². The molecule has 0 spiro atoms. The molecule has 0 radical (unpaired) electrons. The van der Waals surface area contributed by atoms with E-state index in [-0.39, 0.29) is 18.7 Å². The minimum absolute atomic E-state index is 0.0357. The van der Waals surface area contributed by atoms with Gasteiger partial charge in [0.05, 0.1) is 11.5 Å². The standard InChI is InChI=1S/C23H22ClN3O3S/c1-27(2)20(15-5-3-4-6-16(15)24)19-12-25-22(31-19)26-21(28)23(9-10-23)14-7-8-17-18(11-14)30-13-29-17/h3-8,11-12,20H,9-10,13H2,1-2H3,(H,25,26,28). The van der Waals surface area contributed by atoms with Crippen LogP contribution in [0.4, 0.5) is 5.13 Å². The highest BCUT2D eigenvalue weighted by Gasteiger charge is 2.52. The topological polar surface area (TPSA) is 63.7 Å². The Balaban J connectivity index is 1.37. The zero-order valence-electron chi connectivity index (χ0n) is 17.2. The molecule has 31 heavy (non-hydrogen) atoms. The van der Waals surface area contributed by atoms with Crippen LogP contribution in [0.25, 0.3) is 0 Å². The molecule has 1 unspecified atom stereocenters. The van der Waals surface area contributed by atoms with E-state index in [1.165, 1.54) is 11.3 Å². The van der Waals surface area contributed by atoms with Crippen LogP contribution in [0.5, 0.6) is 11.5 Å². The van der Waals surface area contributed by atoms with Crippen molar-refractivity contribution in [3.63, 3.8) is 0 Å². The van der Waals surface area contributed by atoms with Gasteiger partial charge in [-0.05, 0) is 56.3 Å². The largest absolute Gasteiger partial charge is 0.454 e. The number of carbonyl (C=O) groups is 1. The van der Waals surface area contributed by atoms with Crippen molar-refractivity contribution >= 4 is 34.0 Å². The molecule has 1 N–H and O–H groups in total. The Morgan fingerprint density at radius 2 is 1.97 bits per heavy atom. The number of carbonyl (C=O) groups excluding carboxylic acids is 1. The van der Waals surface area contributed by atoms with Gasteiger partial charge in [0.2, 0.25) is 12.7 Å². The molecule has 1 aliphatic heterocycles. The van der Waals surface area contributed by atoms with Gasteiger partial charge in [0, 0.05) is 16.1 Å². The van der Waals surface area contributed by atoms with Crippen LogP contribution in [0.1, 0.15) is 34.9 Å². The molecule has 1 amide bonds. The molecule has 160 valence electrons. The van der Waals surface area contributed by atoms with E-state index in [1.807, 2.05) is 62.8 Å². The van der Waals surface area contributed by atoms with Gasteiger partial charge in [-0.15, -0.1) is 0 Å².